The number of carbonyl (C=O) groups is 7. The van der Waals surface area contributed by atoms with Gasteiger partial charge in [0.25, 0.3) is 0 Å². The molecule has 4 aliphatic heterocycles. The predicted octanol–water partition coefficient (Wildman–Crippen LogP) is 5.55. The molecular formula is C49H67ClN4O13S. The number of amides is 5. The molecule has 0 spiro atoms. The molecule has 1 saturated carbocycles. The maximum Gasteiger partial charge on any atom is 0.409 e. The quantitative estimate of drug-likeness (QED) is 0.141. The van der Waals surface area contributed by atoms with E-state index >= 15 is 0 Å². The molecule has 19 heteroatoms. The summed E-state index contributed by atoms with van der Waals surface area (Å²) in [7, 11) is 5.95. The Morgan fingerprint density at radius 3 is 2.44 bits per heavy atom. The number of fused-ring (bicyclic) bond motifs is 5. The normalized spacial score (nSPS) is 32.8. The van der Waals surface area contributed by atoms with E-state index in [2.05, 4.69) is 5.32 Å². The summed E-state index contributed by atoms with van der Waals surface area (Å²) in [6.07, 6.45) is 3.79. The first kappa shape index (κ1) is 52.9. The standard InChI is InChI=1S/C49H67ClN4O13S/c1-10-33(52(6)40(56)18-19-68-37-23-42(58)54(45(37)59)26-30-14-16-32(17-15-30)29(4)55)46(60)66-39-24-41(57)53(7)34-21-31(22-35(63-8)43(34)50)20-27(2)12-11-13-38(64-9)49(62)25-36(65-47(61)51-49)28(3)44-48(39,5)67-44/h11-13,21-22,28,30,32-33,36-39,44,62H,10,14-20,23-26H2,1-9H3,(H,51,61)/b13-11+,27-12+/t28-,30?,32?,33+,36+,37+,38-,39+,44+,48+,49+/m1/s1. The van der Waals surface area contributed by atoms with Crippen LogP contribution >= 0.6 is 23.4 Å². The highest BCUT2D eigenvalue weighted by Gasteiger charge is 2.64. The van der Waals surface area contributed by atoms with Crippen molar-refractivity contribution in [2.45, 2.75) is 146 Å². The molecule has 6 rings (SSSR count). The van der Waals surface area contributed by atoms with Gasteiger partial charge in [0.05, 0.1) is 30.6 Å². The number of ether oxygens (including phenoxy) is 5. The number of nitrogens with zero attached hydrogens (tertiary/aromatic N) is 3. The number of halogens is 1. The molecule has 4 bridgehead atoms. The van der Waals surface area contributed by atoms with E-state index in [-0.39, 0.29) is 78.2 Å². The Morgan fingerprint density at radius 2 is 1.79 bits per heavy atom. The van der Waals surface area contributed by atoms with Crippen LogP contribution in [0.5, 0.6) is 5.75 Å². The Balaban J connectivity index is 1.18. The number of nitrogens with one attached hydrogen (secondary N) is 1. The van der Waals surface area contributed by atoms with Crippen molar-refractivity contribution in [3.63, 3.8) is 0 Å². The smallest absolute Gasteiger partial charge is 0.409 e. The third kappa shape index (κ3) is 11.7. The molecule has 5 amide bonds. The van der Waals surface area contributed by atoms with E-state index in [1.54, 1.807) is 59.0 Å². The van der Waals surface area contributed by atoms with E-state index in [9.17, 15) is 38.7 Å². The van der Waals surface area contributed by atoms with E-state index in [0.717, 1.165) is 36.8 Å². The monoisotopic (exact) mass is 986 g/mol. The average molecular weight is 988 g/mol. The van der Waals surface area contributed by atoms with E-state index in [0.29, 0.717) is 24.4 Å². The fourth-order valence-corrected chi connectivity index (χ4v) is 11.5. The minimum atomic E-state index is -1.87. The molecule has 1 aromatic rings. The fourth-order valence-electron chi connectivity index (χ4n) is 10.0. The van der Waals surface area contributed by atoms with Gasteiger partial charge in [-0.25, -0.2) is 9.59 Å². The summed E-state index contributed by atoms with van der Waals surface area (Å²) in [5, 5.41) is 14.0. The third-order valence-corrected chi connectivity index (χ3v) is 16.0. The molecule has 68 heavy (non-hydrogen) atoms. The summed E-state index contributed by atoms with van der Waals surface area (Å²) in [4.78, 5) is 97.5. The molecule has 374 valence electrons. The average Bonchev–Trinajstić information content (AvgIpc) is 3.92. The molecule has 3 saturated heterocycles. The lowest BCUT2D eigenvalue weighted by Crippen LogP contribution is -2.63. The third-order valence-electron chi connectivity index (χ3n) is 14.4. The van der Waals surface area contributed by atoms with Gasteiger partial charge in [-0.1, -0.05) is 49.2 Å². The van der Waals surface area contributed by atoms with Crippen molar-refractivity contribution in [3.05, 3.63) is 46.5 Å². The largest absolute Gasteiger partial charge is 0.495 e. The minimum Gasteiger partial charge on any atom is -0.495 e. The summed E-state index contributed by atoms with van der Waals surface area (Å²) in [5.74, 6) is -1.78. The van der Waals surface area contributed by atoms with Crippen molar-refractivity contribution in [3.8, 4) is 5.75 Å². The number of methoxy groups -OCH3 is 2. The molecule has 1 aliphatic carbocycles. The van der Waals surface area contributed by atoms with Gasteiger partial charge in [-0.15, -0.1) is 11.8 Å². The zero-order valence-corrected chi connectivity index (χ0v) is 42.1. The number of ketones is 1. The first-order valence-electron chi connectivity index (χ1n) is 23.5. The number of allylic oxidation sites excluding steroid dienone is 3. The van der Waals surface area contributed by atoms with Gasteiger partial charge in [0.2, 0.25) is 23.6 Å². The number of esters is 1. The first-order chi connectivity index (χ1) is 32.1. The van der Waals surface area contributed by atoms with Gasteiger partial charge in [0.15, 0.2) is 5.72 Å². The Labute approximate surface area is 407 Å². The van der Waals surface area contributed by atoms with Crippen LogP contribution in [0.25, 0.3) is 0 Å². The van der Waals surface area contributed by atoms with Gasteiger partial charge in [0.1, 0.15) is 46.5 Å². The maximum atomic E-state index is 14.4. The second-order valence-electron chi connectivity index (χ2n) is 19.1. The summed E-state index contributed by atoms with van der Waals surface area (Å²) in [6, 6.07) is 2.49. The molecule has 5 aliphatic rings. The summed E-state index contributed by atoms with van der Waals surface area (Å²) >= 11 is 8.06. The predicted molar refractivity (Wildman–Crippen MR) is 254 cm³/mol. The van der Waals surface area contributed by atoms with E-state index in [1.165, 1.54) is 47.7 Å². The van der Waals surface area contributed by atoms with E-state index < -0.39 is 70.9 Å². The number of thioether (sulfide) groups is 1. The zero-order chi connectivity index (χ0) is 49.8. The Morgan fingerprint density at radius 1 is 1.09 bits per heavy atom. The topological polar surface area (TPSA) is 211 Å². The summed E-state index contributed by atoms with van der Waals surface area (Å²) in [5.41, 5.74) is -1.12. The van der Waals surface area contributed by atoms with Crippen molar-refractivity contribution >= 4 is 70.5 Å². The second kappa shape index (κ2) is 22.1. The van der Waals surface area contributed by atoms with Crippen molar-refractivity contribution in [1.82, 2.24) is 15.1 Å². The highest BCUT2D eigenvalue weighted by Crippen LogP contribution is 2.49. The maximum absolute atomic E-state index is 14.4. The number of alkyl carbamates (subject to hydrolysis) is 1. The molecule has 17 nitrogen and oxygen atoms in total. The van der Waals surface area contributed by atoms with Crippen molar-refractivity contribution in [2.75, 3.05) is 45.5 Å². The van der Waals surface area contributed by atoms with Crippen molar-refractivity contribution < 1.29 is 62.4 Å². The molecule has 2 N–H and O–H groups in total. The van der Waals surface area contributed by atoms with Crippen molar-refractivity contribution in [1.29, 1.82) is 0 Å². The highest BCUT2D eigenvalue weighted by molar-refractivity contribution is 8.00. The number of Topliss-reactive ketones (excluding diaryl/α,β-unsaturated/α-hetero) is 1. The fraction of sp³-hybridized carbons (Fsp3) is 0.653. The number of epoxide rings is 1. The van der Waals surface area contributed by atoms with Gasteiger partial charge in [0, 0.05) is 64.6 Å². The second-order valence-corrected chi connectivity index (χ2v) is 20.8. The number of rotatable bonds is 13. The number of anilines is 1. The van der Waals surface area contributed by atoms with Crippen LogP contribution < -0.4 is 15.0 Å². The Bertz CT molecular complexity index is 2180. The summed E-state index contributed by atoms with van der Waals surface area (Å²) in [6.45, 7) is 9.06. The SMILES string of the molecule is CC[C@@H](C(=O)O[C@H]1CC(=O)N(C)c2cc(cc(OC)c2Cl)C/C(C)=C/C=C/[C@@H](OC)[C@@]2(O)C[C@H](OC(=O)N2)[C@@H](C)[C@@H]2O[C@@]12C)N(C)C(=O)CCS[C@H]1CC(=O)N(CC2CCC(C(C)=O)CC2)C1=O. The lowest BCUT2D eigenvalue weighted by Gasteiger charge is -2.42. The molecule has 0 radical (unpaired) electrons. The number of likely N-dealkylation sites (tertiary alicyclic amines) is 1. The molecule has 0 aromatic heterocycles. The molecule has 0 unspecified atom stereocenters. The number of hydrogen-bond acceptors (Lipinski definition) is 14. The Kier molecular flexibility index (Phi) is 17.2. The van der Waals surface area contributed by atoms with Crippen LogP contribution in [0.15, 0.2) is 35.9 Å². The van der Waals surface area contributed by atoms with E-state index in [1.807, 2.05) is 13.0 Å². The number of imide groups is 1. The number of aliphatic hydroxyl groups is 1. The zero-order valence-electron chi connectivity index (χ0n) is 40.5. The molecule has 1 aromatic carbocycles. The van der Waals surface area contributed by atoms with Gasteiger partial charge in [-0.05, 0) is 82.9 Å². The van der Waals surface area contributed by atoms with Crippen LogP contribution in [0.3, 0.4) is 0 Å². The molecular weight excluding hydrogens is 920 g/mol. The number of benzene rings is 1. The van der Waals surface area contributed by atoms with Crippen molar-refractivity contribution in [2.24, 2.45) is 17.8 Å². The van der Waals surface area contributed by atoms with Crippen LogP contribution in [-0.4, -0.2) is 144 Å². The lowest BCUT2D eigenvalue weighted by atomic mass is 9.80. The molecule has 4 heterocycles. The van der Waals surface area contributed by atoms with Crippen LogP contribution in [0.2, 0.25) is 5.02 Å². The molecule has 4 fully saturated rings. The minimum absolute atomic E-state index is 0.0231. The summed E-state index contributed by atoms with van der Waals surface area (Å²) < 4.78 is 29.6. The number of hydrogen-bond donors (Lipinski definition) is 2. The number of carbonyl (C=O) groups excluding carboxylic acids is 7. The van der Waals surface area contributed by atoms with Crippen LogP contribution in [0.1, 0.15) is 98.0 Å². The van der Waals surface area contributed by atoms with Crippen LogP contribution in [-0.2, 0) is 54.1 Å². The number of likely N-dealkylation sites (N-methyl/N-ethyl adjacent to an activating group) is 1. The first-order valence-corrected chi connectivity index (χ1v) is 24.9. The van der Waals surface area contributed by atoms with Gasteiger partial charge < -0.3 is 38.6 Å². The van der Waals surface area contributed by atoms with Crippen LogP contribution in [0.4, 0.5) is 10.5 Å². The molecule has 9 atom stereocenters. The van der Waals surface area contributed by atoms with Gasteiger partial charge >= 0.3 is 12.1 Å². The Hall–Kier alpha value is -4.49. The van der Waals surface area contributed by atoms with Gasteiger partial charge in [-0.2, -0.15) is 0 Å². The van der Waals surface area contributed by atoms with E-state index in [4.69, 9.17) is 35.3 Å². The lowest BCUT2D eigenvalue weighted by molar-refractivity contribution is -0.162. The van der Waals surface area contributed by atoms with Gasteiger partial charge in [-0.3, -0.25) is 34.2 Å². The highest BCUT2D eigenvalue weighted by atomic mass is 35.5. The van der Waals surface area contributed by atoms with Crippen LogP contribution in [0, 0.1) is 17.8 Å².